The van der Waals surface area contributed by atoms with Crippen molar-refractivity contribution in [3.63, 3.8) is 0 Å². The third-order valence-electron chi connectivity index (χ3n) is 3.81. The summed E-state index contributed by atoms with van der Waals surface area (Å²) < 4.78 is 5.49. The molecule has 0 radical (unpaired) electrons. The highest BCUT2D eigenvalue weighted by molar-refractivity contribution is 4.84. The van der Waals surface area contributed by atoms with E-state index in [4.69, 9.17) is 4.74 Å². The maximum Gasteiger partial charge on any atom is 0.0897 e. The second kappa shape index (κ2) is 10.6. The van der Waals surface area contributed by atoms with Crippen molar-refractivity contribution in [2.75, 3.05) is 39.4 Å². The Labute approximate surface area is 124 Å². The lowest BCUT2D eigenvalue weighted by molar-refractivity contribution is 0.0346. The molecule has 0 spiro atoms. The Balaban J connectivity index is 1.88. The van der Waals surface area contributed by atoms with Crippen molar-refractivity contribution in [3.8, 4) is 0 Å². The molecule has 4 heteroatoms. The molecule has 1 aliphatic carbocycles. The Morgan fingerprint density at radius 1 is 1.35 bits per heavy atom. The quantitative estimate of drug-likeness (QED) is 0.507. The molecule has 0 amide bonds. The van der Waals surface area contributed by atoms with Crippen LogP contribution in [0.3, 0.4) is 0 Å². The molecule has 1 saturated carbocycles. The van der Waals surface area contributed by atoms with Crippen LogP contribution in [0.4, 0.5) is 0 Å². The van der Waals surface area contributed by atoms with Crippen molar-refractivity contribution in [2.45, 2.75) is 58.6 Å². The van der Waals surface area contributed by atoms with E-state index in [2.05, 4.69) is 31.0 Å². The zero-order valence-corrected chi connectivity index (χ0v) is 13.6. The maximum atomic E-state index is 9.80. The van der Waals surface area contributed by atoms with Crippen LogP contribution in [0.25, 0.3) is 0 Å². The number of nitrogens with one attached hydrogen (secondary N) is 1. The van der Waals surface area contributed by atoms with Gasteiger partial charge in [-0.25, -0.2) is 0 Å². The van der Waals surface area contributed by atoms with E-state index in [0.29, 0.717) is 13.2 Å². The van der Waals surface area contributed by atoms with E-state index in [1.54, 1.807) is 0 Å². The smallest absolute Gasteiger partial charge is 0.0897 e. The number of hydrogen-bond acceptors (Lipinski definition) is 4. The molecule has 20 heavy (non-hydrogen) atoms. The van der Waals surface area contributed by atoms with Gasteiger partial charge in [0.25, 0.3) is 0 Å². The van der Waals surface area contributed by atoms with Gasteiger partial charge in [0, 0.05) is 32.3 Å². The van der Waals surface area contributed by atoms with Crippen molar-refractivity contribution in [1.82, 2.24) is 10.2 Å². The minimum absolute atomic E-state index is 0.384. The van der Waals surface area contributed by atoms with E-state index in [1.807, 2.05) is 0 Å². The van der Waals surface area contributed by atoms with Gasteiger partial charge in [0.2, 0.25) is 0 Å². The lowest BCUT2D eigenvalue weighted by Crippen LogP contribution is -2.37. The van der Waals surface area contributed by atoms with E-state index >= 15 is 0 Å². The average molecular weight is 286 g/mol. The van der Waals surface area contributed by atoms with Crippen LogP contribution in [0.1, 0.15) is 46.5 Å². The Hall–Kier alpha value is -0.160. The standard InChI is InChI=1S/C16H34N2O2/c1-4-18(15-7-8-15)10-9-17-12-16(19)13-20-11-5-6-14(2)3/h14-17,19H,4-13H2,1-3H3. The number of likely N-dealkylation sites (N-methyl/N-ethyl adjacent to an activating group) is 1. The first-order chi connectivity index (χ1) is 9.63. The lowest BCUT2D eigenvalue weighted by atomic mass is 10.1. The number of aliphatic hydroxyl groups excluding tert-OH is 1. The molecule has 0 heterocycles. The number of rotatable bonds is 13. The third-order valence-corrected chi connectivity index (χ3v) is 3.81. The highest BCUT2D eigenvalue weighted by atomic mass is 16.5. The molecule has 2 N–H and O–H groups in total. The van der Waals surface area contributed by atoms with Crippen LogP contribution in [0.5, 0.6) is 0 Å². The van der Waals surface area contributed by atoms with Gasteiger partial charge >= 0.3 is 0 Å². The Kier molecular flexibility index (Phi) is 9.44. The molecule has 0 bridgehead atoms. The van der Waals surface area contributed by atoms with Gasteiger partial charge in [-0.2, -0.15) is 0 Å². The third kappa shape index (κ3) is 8.90. The van der Waals surface area contributed by atoms with Crippen molar-refractivity contribution in [1.29, 1.82) is 0 Å². The molecule has 1 atom stereocenters. The monoisotopic (exact) mass is 286 g/mol. The van der Waals surface area contributed by atoms with Crippen LogP contribution in [0.2, 0.25) is 0 Å². The van der Waals surface area contributed by atoms with Crippen molar-refractivity contribution < 1.29 is 9.84 Å². The summed E-state index contributed by atoms with van der Waals surface area (Å²) in [4.78, 5) is 2.52. The summed E-state index contributed by atoms with van der Waals surface area (Å²) >= 11 is 0. The Morgan fingerprint density at radius 2 is 2.10 bits per heavy atom. The van der Waals surface area contributed by atoms with E-state index in [1.165, 1.54) is 19.3 Å². The number of nitrogens with zero attached hydrogens (tertiary/aromatic N) is 1. The van der Waals surface area contributed by atoms with Gasteiger partial charge in [-0.05, 0) is 38.1 Å². The van der Waals surface area contributed by atoms with E-state index in [9.17, 15) is 5.11 Å². The summed E-state index contributed by atoms with van der Waals surface area (Å²) in [7, 11) is 0. The number of hydrogen-bond donors (Lipinski definition) is 2. The zero-order valence-electron chi connectivity index (χ0n) is 13.6. The molecule has 0 saturated heterocycles. The van der Waals surface area contributed by atoms with Crippen molar-refractivity contribution >= 4 is 0 Å². The second-order valence-electron chi connectivity index (χ2n) is 6.33. The summed E-state index contributed by atoms with van der Waals surface area (Å²) in [5.74, 6) is 0.734. The van der Waals surface area contributed by atoms with Crippen LogP contribution < -0.4 is 5.32 Å². The van der Waals surface area contributed by atoms with E-state index in [-0.39, 0.29) is 6.10 Å². The number of ether oxygens (including phenoxy) is 1. The molecule has 0 aromatic rings. The fourth-order valence-electron chi connectivity index (χ4n) is 2.40. The molecule has 0 aliphatic heterocycles. The summed E-state index contributed by atoms with van der Waals surface area (Å²) in [5.41, 5.74) is 0. The van der Waals surface area contributed by atoms with Gasteiger partial charge in [-0.1, -0.05) is 20.8 Å². The van der Waals surface area contributed by atoms with E-state index in [0.717, 1.165) is 44.6 Å². The molecule has 1 rings (SSSR count). The summed E-state index contributed by atoms with van der Waals surface area (Å²) in [6.07, 6.45) is 4.62. The SMILES string of the molecule is CCN(CCNCC(O)COCCCC(C)C)C1CC1. The molecule has 0 aromatic heterocycles. The molecular weight excluding hydrogens is 252 g/mol. The molecule has 1 aliphatic rings. The summed E-state index contributed by atoms with van der Waals surface area (Å²) in [5, 5.41) is 13.1. The molecule has 1 fully saturated rings. The van der Waals surface area contributed by atoms with Gasteiger partial charge in [-0.15, -0.1) is 0 Å². The maximum absolute atomic E-state index is 9.80. The van der Waals surface area contributed by atoms with Gasteiger partial charge in [0.15, 0.2) is 0 Å². The van der Waals surface area contributed by atoms with Crippen molar-refractivity contribution in [2.24, 2.45) is 5.92 Å². The fourth-order valence-corrected chi connectivity index (χ4v) is 2.40. The van der Waals surface area contributed by atoms with Gasteiger partial charge in [0.1, 0.15) is 0 Å². The minimum atomic E-state index is -0.384. The van der Waals surface area contributed by atoms with Gasteiger partial charge in [0.05, 0.1) is 12.7 Å². The van der Waals surface area contributed by atoms with Crippen molar-refractivity contribution in [3.05, 3.63) is 0 Å². The predicted octanol–water partition coefficient (Wildman–Crippen LogP) is 1.87. The van der Waals surface area contributed by atoms with Crippen LogP contribution in [-0.4, -0.2) is 61.5 Å². The highest BCUT2D eigenvalue weighted by Gasteiger charge is 2.26. The largest absolute Gasteiger partial charge is 0.389 e. The van der Waals surface area contributed by atoms with Crippen LogP contribution in [-0.2, 0) is 4.74 Å². The summed E-state index contributed by atoms with van der Waals surface area (Å²) in [6.45, 7) is 11.7. The van der Waals surface area contributed by atoms with Crippen LogP contribution in [0, 0.1) is 5.92 Å². The second-order valence-corrected chi connectivity index (χ2v) is 6.33. The van der Waals surface area contributed by atoms with Crippen LogP contribution in [0.15, 0.2) is 0 Å². The lowest BCUT2D eigenvalue weighted by Gasteiger charge is -2.20. The van der Waals surface area contributed by atoms with Crippen LogP contribution >= 0.6 is 0 Å². The normalized spacial score (nSPS) is 17.1. The van der Waals surface area contributed by atoms with Gasteiger partial charge < -0.3 is 15.2 Å². The number of aliphatic hydroxyl groups is 1. The molecule has 120 valence electrons. The zero-order chi connectivity index (χ0) is 14.8. The predicted molar refractivity (Wildman–Crippen MR) is 84.0 cm³/mol. The Morgan fingerprint density at radius 3 is 2.70 bits per heavy atom. The first-order valence-corrected chi connectivity index (χ1v) is 8.34. The highest BCUT2D eigenvalue weighted by Crippen LogP contribution is 2.25. The molecular formula is C16H34N2O2. The first-order valence-electron chi connectivity index (χ1n) is 8.34. The molecule has 4 nitrogen and oxygen atoms in total. The topological polar surface area (TPSA) is 44.7 Å². The fraction of sp³-hybridized carbons (Fsp3) is 1.00. The average Bonchev–Trinajstić information content (AvgIpc) is 3.22. The van der Waals surface area contributed by atoms with Gasteiger partial charge in [-0.3, -0.25) is 4.90 Å². The molecule has 1 unspecified atom stereocenters. The minimum Gasteiger partial charge on any atom is -0.389 e. The van der Waals surface area contributed by atoms with E-state index < -0.39 is 0 Å². The first kappa shape index (κ1) is 17.9. The Bertz CT molecular complexity index is 233. The molecule has 0 aromatic carbocycles. The summed E-state index contributed by atoms with van der Waals surface area (Å²) in [6, 6.07) is 0.830.